The molecule has 0 unspecified atom stereocenters. The van der Waals surface area contributed by atoms with Gasteiger partial charge in [-0.3, -0.25) is 4.79 Å². The molecule has 0 radical (unpaired) electrons. The summed E-state index contributed by atoms with van der Waals surface area (Å²) in [6.45, 7) is 2.07. The third-order valence-electron chi connectivity index (χ3n) is 3.47. The topological polar surface area (TPSA) is 55.4 Å². The molecule has 2 aromatic heterocycles. The Bertz CT molecular complexity index is 682. The van der Waals surface area contributed by atoms with Crippen molar-refractivity contribution in [2.75, 3.05) is 0 Å². The van der Waals surface area contributed by atoms with Gasteiger partial charge in [0.05, 0.1) is 5.56 Å². The molecule has 0 fully saturated rings. The highest BCUT2D eigenvalue weighted by Crippen LogP contribution is 2.39. The summed E-state index contributed by atoms with van der Waals surface area (Å²) in [6, 6.07) is 4.11. The summed E-state index contributed by atoms with van der Waals surface area (Å²) in [7, 11) is 0. The number of thiophene rings is 2. The summed E-state index contributed by atoms with van der Waals surface area (Å²) in [4.78, 5) is 19.9. The summed E-state index contributed by atoms with van der Waals surface area (Å²) in [5.74, 6) is -0.348. The molecule has 3 nitrogen and oxygen atoms in total. The fourth-order valence-electron chi connectivity index (χ4n) is 2.54. The molecule has 0 aromatic carbocycles. The van der Waals surface area contributed by atoms with Gasteiger partial charge in [-0.1, -0.05) is 0 Å². The minimum Gasteiger partial charge on any atom is -0.365 e. The van der Waals surface area contributed by atoms with Gasteiger partial charge in [-0.15, -0.1) is 22.7 Å². The number of primary amides is 1. The number of nitrogens with zero attached hydrogens (tertiary/aromatic N) is 1. The molecule has 2 aromatic rings. The summed E-state index contributed by atoms with van der Waals surface area (Å²) in [5, 5.41) is 0.774. The fourth-order valence-corrected chi connectivity index (χ4v) is 4.53. The molecule has 104 valence electrons. The lowest BCUT2D eigenvalue weighted by molar-refractivity contribution is 0.100. The van der Waals surface area contributed by atoms with E-state index < -0.39 is 0 Å². The van der Waals surface area contributed by atoms with Crippen LogP contribution in [-0.2, 0) is 12.8 Å². The number of carbonyl (C=O) groups is 1. The van der Waals surface area contributed by atoms with E-state index in [1.807, 2.05) is 12.3 Å². The first-order valence-corrected chi connectivity index (χ1v) is 8.33. The van der Waals surface area contributed by atoms with Crippen LogP contribution in [0.15, 0.2) is 17.1 Å². The van der Waals surface area contributed by atoms with E-state index >= 15 is 0 Å². The molecular weight excluding hydrogens is 288 g/mol. The van der Waals surface area contributed by atoms with E-state index in [9.17, 15) is 4.79 Å². The average molecular weight is 304 g/mol. The normalized spacial score (nSPS) is 14.7. The smallest absolute Gasteiger partial charge is 0.252 e. The lowest BCUT2D eigenvalue weighted by Gasteiger charge is -2.10. The maximum Gasteiger partial charge on any atom is 0.252 e. The lowest BCUT2D eigenvalue weighted by atomic mass is 9.95. The summed E-state index contributed by atoms with van der Waals surface area (Å²) >= 11 is 3.32. The van der Waals surface area contributed by atoms with Crippen LogP contribution in [0, 0.1) is 6.92 Å². The van der Waals surface area contributed by atoms with Gasteiger partial charge in [0, 0.05) is 20.8 Å². The number of aliphatic imine (C=N–C) groups is 1. The standard InChI is InChI=1S/C15H16N2OS2/c1-9-6-7-10(19-9)8-17-15-13(14(16)18)11-4-2-3-5-12(11)20-15/h6-8H,2-5H2,1H3,(H2,16,18)/b17-8+. The molecule has 20 heavy (non-hydrogen) atoms. The van der Waals surface area contributed by atoms with Gasteiger partial charge in [-0.2, -0.15) is 0 Å². The Morgan fingerprint density at radius 3 is 2.80 bits per heavy atom. The van der Waals surface area contributed by atoms with Gasteiger partial charge in [0.25, 0.3) is 5.91 Å². The number of hydrogen-bond donors (Lipinski definition) is 1. The molecule has 1 amide bonds. The van der Waals surface area contributed by atoms with Crippen LogP contribution < -0.4 is 5.73 Å². The van der Waals surface area contributed by atoms with E-state index in [0.717, 1.165) is 34.7 Å². The van der Waals surface area contributed by atoms with Gasteiger partial charge in [-0.05, 0) is 50.3 Å². The Balaban J connectivity index is 1.98. The van der Waals surface area contributed by atoms with E-state index in [0.29, 0.717) is 5.56 Å². The Morgan fingerprint density at radius 1 is 1.30 bits per heavy atom. The quantitative estimate of drug-likeness (QED) is 0.860. The Hall–Kier alpha value is -1.46. The molecule has 5 heteroatoms. The van der Waals surface area contributed by atoms with Crippen molar-refractivity contribution in [3.8, 4) is 0 Å². The van der Waals surface area contributed by atoms with Gasteiger partial charge in [0.15, 0.2) is 0 Å². The first kappa shape index (κ1) is 13.5. The lowest BCUT2D eigenvalue weighted by Crippen LogP contribution is -2.14. The van der Waals surface area contributed by atoms with Crippen LogP contribution in [0.3, 0.4) is 0 Å². The minimum absolute atomic E-state index is 0.348. The van der Waals surface area contributed by atoms with Crippen LogP contribution in [0.5, 0.6) is 0 Å². The summed E-state index contributed by atoms with van der Waals surface area (Å²) in [6.07, 6.45) is 6.17. The molecule has 0 saturated carbocycles. The predicted octanol–water partition coefficient (Wildman–Crippen LogP) is 3.85. The molecule has 2 heterocycles. The molecule has 2 N–H and O–H groups in total. The zero-order chi connectivity index (χ0) is 14.1. The van der Waals surface area contributed by atoms with E-state index in [-0.39, 0.29) is 5.91 Å². The number of rotatable bonds is 3. The van der Waals surface area contributed by atoms with E-state index in [1.54, 1.807) is 22.7 Å². The van der Waals surface area contributed by atoms with Crippen LogP contribution in [0.25, 0.3) is 0 Å². The van der Waals surface area contributed by atoms with Crippen LogP contribution in [0.1, 0.15) is 43.4 Å². The molecular formula is C15H16N2OS2. The highest BCUT2D eigenvalue weighted by atomic mass is 32.1. The molecule has 0 bridgehead atoms. The molecule has 3 rings (SSSR count). The molecule has 0 atom stereocenters. The van der Waals surface area contributed by atoms with Crippen LogP contribution >= 0.6 is 22.7 Å². The second-order valence-corrected chi connectivity index (χ2v) is 7.37. The van der Waals surface area contributed by atoms with Crippen LogP contribution in [0.4, 0.5) is 5.00 Å². The van der Waals surface area contributed by atoms with Gasteiger partial charge in [0.1, 0.15) is 5.00 Å². The van der Waals surface area contributed by atoms with E-state index in [1.165, 1.54) is 16.2 Å². The number of carbonyl (C=O) groups excluding carboxylic acids is 1. The maximum atomic E-state index is 11.7. The first-order valence-electron chi connectivity index (χ1n) is 6.70. The summed E-state index contributed by atoms with van der Waals surface area (Å²) in [5.41, 5.74) is 7.34. The maximum absolute atomic E-state index is 11.7. The minimum atomic E-state index is -0.348. The van der Waals surface area contributed by atoms with Gasteiger partial charge in [-0.25, -0.2) is 4.99 Å². The largest absolute Gasteiger partial charge is 0.365 e. The second-order valence-electron chi connectivity index (χ2n) is 4.96. The third-order valence-corrected chi connectivity index (χ3v) is 5.60. The highest BCUT2D eigenvalue weighted by molar-refractivity contribution is 7.16. The number of nitrogens with two attached hydrogens (primary N) is 1. The molecule has 0 saturated heterocycles. The Morgan fingerprint density at radius 2 is 2.10 bits per heavy atom. The summed E-state index contributed by atoms with van der Waals surface area (Å²) < 4.78 is 0. The molecule has 1 aliphatic rings. The fraction of sp³-hybridized carbons (Fsp3) is 0.333. The van der Waals surface area contributed by atoms with Crippen molar-refractivity contribution < 1.29 is 4.79 Å². The molecule has 0 spiro atoms. The number of fused-ring (bicyclic) bond motifs is 1. The number of aryl methyl sites for hydroxylation is 2. The van der Waals surface area contributed by atoms with Crippen molar-refractivity contribution >= 4 is 39.8 Å². The molecule has 0 aliphatic heterocycles. The van der Waals surface area contributed by atoms with Crippen molar-refractivity contribution in [3.63, 3.8) is 0 Å². The SMILES string of the molecule is Cc1ccc(/C=N/c2sc3c(c2C(N)=O)CCCC3)s1. The van der Waals surface area contributed by atoms with E-state index in [2.05, 4.69) is 18.0 Å². The van der Waals surface area contributed by atoms with Crippen molar-refractivity contribution in [2.24, 2.45) is 10.7 Å². The first-order chi connectivity index (χ1) is 9.65. The van der Waals surface area contributed by atoms with E-state index in [4.69, 9.17) is 5.73 Å². The third kappa shape index (κ3) is 2.55. The Kier molecular flexibility index (Phi) is 3.72. The number of hydrogen-bond acceptors (Lipinski definition) is 4. The van der Waals surface area contributed by atoms with Crippen LogP contribution in [-0.4, -0.2) is 12.1 Å². The van der Waals surface area contributed by atoms with Gasteiger partial charge in [0.2, 0.25) is 0 Å². The zero-order valence-electron chi connectivity index (χ0n) is 11.3. The predicted molar refractivity (Wildman–Crippen MR) is 85.8 cm³/mol. The highest BCUT2D eigenvalue weighted by Gasteiger charge is 2.23. The van der Waals surface area contributed by atoms with Crippen molar-refractivity contribution in [2.45, 2.75) is 32.6 Å². The van der Waals surface area contributed by atoms with Gasteiger partial charge < -0.3 is 5.73 Å². The monoisotopic (exact) mass is 304 g/mol. The van der Waals surface area contributed by atoms with Crippen molar-refractivity contribution in [3.05, 3.63) is 37.9 Å². The average Bonchev–Trinajstić information content (AvgIpc) is 2.99. The van der Waals surface area contributed by atoms with Gasteiger partial charge >= 0.3 is 0 Å². The van der Waals surface area contributed by atoms with Crippen molar-refractivity contribution in [1.29, 1.82) is 0 Å². The second kappa shape index (κ2) is 5.50. The zero-order valence-corrected chi connectivity index (χ0v) is 12.9. The van der Waals surface area contributed by atoms with Crippen LogP contribution in [0.2, 0.25) is 0 Å². The number of amides is 1. The molecule has 1 aliphatic carbocycles. The Labute approximate surface area is 126 Å². The van der Waals surface area contributed by atoms with Crippen molar-refractivity contribution in [1.82, 2.24) is 0 Å².